The molecule has 0 aromatic heterocycles. The second-order valence-corrected chi connectivity index (χ2v) is 2.71. The lowest BCUT2D eigenvalue weighted by molar-refractivity contribution is -0.142. The number of carbonyl (C=O) groups excluding carboxylic acids is 1. The van der Waals surface area contributed by atoms with Crippen LogP contribution in [0.2, 0.25) is 0 Å². The van der Waals surface area contributed by atoms with Crippen LogP contribution in [0.1, 0.15) is 18.1 Å². The topological polar surface area (TPSA) is 26.3 Å². The number of rotatable bonds is 2. The van der Waals surface area contributed by atoms with Crippen molar-refractivity contribution in [2.45, 2.75) is 20.5 Å². The highest BCUT2D eigenvalue weighted by Gasteiger charge is 1.98. The molecule has 0 fully saturated rings. The fourth-order valence-electron chi connectivity index (χ4n) is 0.951. The van der Waals surface area contributed by atoms with E-state index in [4.69, 9.17) is 4.74 Å². The SMILES string of the molecule is CC(=O)OCc1ccccc1C. The molecule has 64 valence electrons. The van der Waals surface area contributed by atoms with Gasteiger partial charge < -0.3 is 4.74 Å². The predicted molar refractivity (Wildman–Crippen MR) is 46.6 cm³/mol. The molecule has 0 aliphatic carbocycles. The first-order valence-corrected chi connectivity index (χ1v) is 3.88. The van der Waals surface area contributed by atoms with Crippen LogP contribution < -0.4 is 0 Å². The van der Waals surface area contributed by atoms with Gasteiger partial charge in [-0.15, -0.1) is 0 Å². The van der Waals surface area contributed by atoms with Gasteiger partial charge in [0, 0.05) is 6.92 Å². The number of esters is 1. The van der Waals surface area contributed by atoms with Gasteiger partial charge in [0.1, 0.15) is 6.61 Å². The van der Waals surface area contributed by atoms with Gasteiger partial charge in [-0.3, -0.25) is 4.79 Å². The molecule has 2 nitrogen and oxygen atoms in total. The summed E-state index contributed by atoms with van der Waals surface area (Å²) in [4.78, 5) is 10.5. The largest absolute Gasteiger partial charge is 0.461 e. The molecule has 0 aliphatic heterocycles. The summed E-state index contributed by atoms with van der Waals surface area (Å²) in [7, 11) is 0. The van der Waals surface area contributed by atoms with Crippen LogP contribution in [0.3, 0.4) is 0 Å². The van der Waals surface area contributed by atoms with Crippen molar-refractivity contribution in [2.24, 2.45) is 0 Å². The molecule has 1 rings (SSSR count). The Labute approximate surface area is 72.2 Å². The summed E-state index contributed by atoms with van der Waals surface area (Å²) in [6, 6.07) is 7.86. The van der Waals surface area contributed by atoms with Crippen molar-refractivity contribution in [1.82, 2.24) is 0 Å². The van der Waals surface area contributed by atoms with Crippen molar-refractivity contribution in [1.29, 1.82) is 0 Å². The smallest absolute Gasteiger partial charge is 0.302 e. The normalized spacial score (nSPS) is 9.50. The minimum absolute atomic E-state index is 0.238. The van der Waals surface area contributed by atoms with Crippen molar-refractivity contribution in [3.8, 4) is 0 Å². The Morgan fingerprint density at radius 3 is 2.67 bits per heavy atom. The summed E-state index contributed by atoms with van der Waals surface area (Å²) < 4.78 is 4.87. The van der Waals surface area contributed by atoms with Crippen LogP contribution in [0.15, 0.2) is 24.3 Å². The molecule has 0 aliphatic rings. The standard InChI is InChI=1S/C10H12O2/c1-8-5-3-4-6-10(8)7-12-9(2)11/h3-6H,7H2,1-2H3. The minimum atomic E-state index is -0.238. The predicted octanol–water partition coefficient (Wildman–Crippen LogP) is 2.06. The monoisotopic (exact) mass is 164 g/mol. The van der Waals surface area contributed by atoms with E-state index in [-0.39, 0.29) is 5.97 Å². The summed E-state index contributed by atoms with van der Waals surface area (Å²) in [5, 5.41) is 0. The first kappa shape index (κ1) is 8.78. The maximum absolute atomic E-state index is 10.5. The summed E-state index contributed by atoms with van der Waals surface area (Å²) in [5.41, 5.74) is 2.21. The Balaban J connectivity index is 2.63. The summed E-state index contributed by atoms with van der Waals surface area (Å²) >= 11 is 0. The number of benzene rings is 1. The average Bonchev–Trinajstić information content (AvgIpc) is 2.03. The van der Waals surface area contributed by atoms with E-state index in [2.05, 4.69) is 0 Å². The van der Waals surface area contributed by atoms with Crippen LogP contribution in [0.25, 0.3) is 0 Å². The van der Waals surface area contributed by atoms with E-state index < -0.39 is 0 Å². The van der Waals surface area contributed by atoms with Gasteiger partial charge in [0.25, 0.3) is 0 Å². The molecule has 0 spiro atoms. The van der Waals surface area contributed by atoms with Crippen molar-refractivity contribution >= 4 is 5.97 Å². The molecule has 1 aromatic rings. The number of hydrogen-bond donors (Lipinski definition) is 0. The van der Waals surface area contributed by atoms with Crippen molar-refractivity contribution < 1.29 is 9.53 Å². The summed E-state index contributed by atoms with van der Waals surface area (Å²) in [6.45, 7) is 3.79. The van der Waals surface area contributed by atoms with Gasteiger partial charge in [0.05, 0.1) is 0 Å². The van der Waals surface area contributed by atoms with Crippen LogP contribution in [-0.2, 0) is 16.1 Å². The second kappa shape index (κ2) is 3.90. The Kier molecular flexibility index (Phi) is 2.86. The fraction of sp³-hybridized carbons (Fsp3) is 0.300. The molecule has 0 atom stereocenters. The summed E-state index contributed by atoms with van der Waals surface area (Å²) in [6.07, 6.45) is 0. The maximum Gasteiger partial charge on any atom is 0.302 e. The lowest BCUT2D eigenvalue weighted by Crippen LogP contribution is -1.99. The molecule has 0 amide bonds. The minimum Gasteiger partial charge on any atom is -0.461 e. The third-order valence-corrected chi connectivity index (χ3v) is 1.69. The molecular weight excluding hydrogens is 152 g/mol. The van der Waals surface area contributed by atoms with Gasteiger partial charge in [0.15, 0.2) is 0 Å². The number of hydrogen-bond acceptors (Lipinski definition) is 2. The number of carbonyl (C=O) groups is 1. The van der Waals surface area contributed by atoms with E-state index in [1.54, 1.807) is 0 Å². The second-order valence-electron chi connectivity index (χ2n) is 2.71. The number of ether oxygens (including phenoxy) is 1. The lowest BCUT2D eigenvalue weighted by Gasteiger charge is -2.04. The van der Waals surface area contributed by atoms with E-state index in [0.717, 1.165) is 11.1 Å². The van der Waals surface area contributed by atoms with Crippen molar-refractivity contribution in [3.63, 3.8) is 0 Å². The molecule has 0 saturated heterocycles. The third-order valence-electron chi connectivity index (χ3n) is 1.69. The van der Waals surface area contributed by atoms with Crippen LogP contribution in [-0.4, -0.2) is 5.97 Å². The van der Waals surface area contributed by atoms with Gasteiger partial charge >= 0.3 is 5.97 Å². The summed E-state index contributed by atoms with van der Waals surface area (Å²) in [5.74, 6) is -0.238. The van der Waals surface area contributed by atoms with Gasteiger partial charge in [0.2, 0.25) is 0 Å². The van der Waals surface area contributed by atoms with Gasteiger partial charge in [-0.2, -0.15) is 0 Å². The fourth-order valence-corrected chi connectivity index (χ4v) is 0.951. The van der Waals surface area contributed by atoms with E-state index in [9.17, 15) is 4.79 Å². The Morgan fingerprint density at radius 2 is 2.08 bits per heavy atom. The Bertz CT molecular complexity index is 279. The third kappa shape index (κ3) is 2.38. The van der Waals surface area contributed by atoms with Crippen LogP contribution in [0.4, 0.5) is 0 Å². The highest BCUT2D eigenvalue weighted by atomic mass is 16.5. The molecule has 12 heavy (non-hydrogen) atoms. The Morgan fingerprint density at radius 1 is 1.42 bits per heavy atom. The molecule has 0 N–H and O–H groups in total. The lowest BCUT2D eigenvalue weighted by atomic mass is 10.1. The number of aryl methyl sites for hydroxylation is 1. The van der Waals surface area contributed by atoms with Gasteiger partial charge in [-0.25, -0.2) is 0 Å². The Hall–Kier alpha value is -1.31. The van der Waals surface area contributed by atoms with E-state index in [0.29, 0.717) is 6.61 Å². The van der Waals surface area contributed by atoms with E-state index in [1.807, 2.05) is 31.2 Å². The zero-order valence-corrected chi connectivity index (χ0v) is 7.33. The highest BCUT2D eigenvalue weighted by Crippen LogP contribution is 2.07. The zero-order valence-electron chi connectivity index (χ0n) is 7.33. The van der Waals surface area contributed by atoms with Gasteiger partial charge in [-0.05, 0) is 18.1 Å². The molecule has 0 heterocycles. The molecule has 0 radical (unpaired) electrons. The first-order valence-electron chi connectivity index (χ1n) is 3.88. The van der Waals surface area contributed by atoms with E-state index in [1.165, 1.54) is 6.92 Å². The van der Waals surface area contributed by atoms with Crippen molar-refractivity contribution in [3.05, 3.63) is 35.4 Å². The molecule has 1 aromatic carbocycles. The molecule has 0 bridgehead atoms. The van der Waals surface area contributed by atoms with Crippen LogP contribution in [0.5, 0.6) is 0 Å². The molecular formula is C10H12O2. The molecule has 0 unspecified atom stereocenters. The molecule has 0 saturated carbocycles. The molecule has 2 heteroatoms. The average molecular weight is 164 g/mol. The van der Waals surface area contributed by atoms with Crippen LogP contribution >= 0.6 is 0 Å². The van der Waals surface area contributed by atoms with Gasteiger partial charge in [-0.1, -0.05) is 24.3 Å². The first-order chi connectivity index (χ1) is 5.70. The highest BCUT2D eigenvalue weighted by molar-refractivity contribution is 5.65. The quantitative estimate of drug-likeness (QED) is 0.625. The zero-order chi connectivity index (χ0) is 8.97. The van der Waals surface area contributed by atoms with Crippen LogP contribution in [0, 0.1) is 6.92 Å². The van der Waals surface area contributed by atoms with E-state index >= 15 is 0 Å². The maximum atomic E-state index is 10.5. The van der Waals surface area contributed by atoms with Crippen molar-refractivity contribution in [2.75, 3.05) is 0 Å².